The number of fused-ring (bicyclic) bond motifs is 1. The van der Waals surface area contributed by atoms with Crippen LogP contribution in [0.15, 0.2) is 46.5 Å². The van der Waals surface area contributed by atoms with Crippen LogP contribution in [0.25, 0.3) is 10.9 Å². The van der Waals surface area contributed by atoms with Gasteiger partial charge in [0, 0.05) is 73.2 Å². The van der Waals surface area contributed by atoms with Crippen LogP contribution in [0, 0.1) is 0 Å². The summed E-state index contributed by atoms with van der Waals surface area (Å²) in [4.78, 5) is 48.2. The number of piperazine rings is 1. The van der Waals surface area contributed by atoms with Crippen molar-refractivity contribution in [3.05, 3.63) is 62.7 Å². The Morgan fingerprint density at radius 1 is 1.18 bits per heavy atom. The third-order valence-corrected chi connectivity index (χ3v) is 7.36. The molecule has 2 aliphatic heterocycles. The van der Waals surface area contributed by atoms with Crippen molar-refractivity contribution in [2.75, 3.05) is 33.7 Å². The molecule has 2 amide bonds. The number of likely N-dealkylation sites (N-methyl/N-ethyl adjacent to an activating group) is 1. The Balaban J connectivity index is 1.57. The van der Waals surface area contributed by atoms with E-state index in [-0.39, 0.29) is 23.6 Å². The number of carbonyl (C=O) groups excluding carboxylic acids is 3. The average Bonchev–Trinajstić information content (AvgIpc) is 3.22. The van der Waals surface area contributed by atoms with Crippen LogP contribution < -0.4 is 0 Å². The summed E-state index contributed by atoms with van der Waals surface area (Å²) in [5.41, 5.74) is 4.22. The van der Waals surface area contributed by atoms with Crippen LogP contribution in [0.3, 0.4) is 0 Å². The molecule has 1 aromatic heterocycles. The number of nitrogens with one attached hydrogen (secondary N) is 1. The zero-order chi connectivity index (χ0) is 24.6. The van der Waals surface area contributed by atoms with Gasteiger partial charge in [-0.15, -0.1) is 5.73 Å². The molecule has 0 aliphatic carbocycles. The monoisotopic (exact) mass is 498 g/mol. The first-order valence-corrected chi connectivity index (χ1v) is 12.3. The average molecular weight is 499 g/mol. The van der Waals surface area contributed by atoms with Crippen molar-refractivity contribution in [2.24, 2.45) is 0 Å². The number of H-pyrrole nitrogens is 1. The molecule has 1 N–H and O–H groups in total. The highest BCUT2D eigenvalue weighted by atomic mass is 35.5. The molecule has 1 unspecified atom stereocenters. The van der Waals surface area contributed by atoms with Gasteiger partial charge >= 0.3 is 0 Å². The van der Waals surface area contributed by atoms with Crippen LogP contribution in [0.1, 0.15) is 34.6 Å². The Morgan fingerprint density at radius 2 is 1.94 bits per heavy atom. The van der Waals surface area contributed by atoms with Gasteiger partial charge in [0.2, 0.25) is 0 Å². The lowest BCUT2D eigenvalue weighted by molar-refractivity contribution is -0.124. The van der Waals surface area contributed by atoms with E-state index in [2.05, 4.69) is 28.6 Å². The minimum Gasteiger partial charge on any atom is -0.360 e. The first-order valence-electron chi connectivity index (χ1n) is 11.1. The van der Waals surface area contributed by atoms with Crippen LogP contribution >= 0.6 is 23.4 Å². The molecular formula is C25H27ClN4O3S. The van der Waals surface area contributed by atoms with Crippen LogP contribution in [0.5, 0.6) is 0 Å². The van der Waals surface area contributed by atoms with Crippen molar-refractivity contribution in [3.63, 3.8) is 0 Å². The number of aromatic nitrogens is 1. The van der Waals surface area contributed by atoms with Gasteiger partial charge in [-0.25, -0.2) is 0 Å². The van der Waals surface area contributed by atoms with Crippen LogP contribution in [0.4, 0.5) is 0 Å². The molecule has 0 radical (unpaired) electrons. The largest absolute Gasteiger partial charge is 0.360 e. The minimum atomic E-state index is -0.632. The predicted octanol–water partition coefficient (Wildman–Crippen LogP) is 3.93. The van der Waals surface area contributed by atoms with E-state index in [1.165, 1.54) is 30.1 Å². The number of rotatable bonds is 5. The number of nitrogens with zero attached hydrogens (tertiary/aromatic N) is 3. The van der Waals surface area contributed by atoms with Crippen molar-refractivity contribution in [2.45, 2.75) is 25.9 Å². The van der Waals surface area contributed by atoms with E-state index in [0.717, 1.165) is 13.1 Å². The van der Waals surface area contributed by atoms with Gasteiger partial charge in [0.25, 0.3) is 17.6 Å². The van der Waals surface area contributed by atoms with Gasteiger partial charge in [-0.05, 0) is 38.1 Å². The number of ketones is 1. The lowest BCUT2D eigenvalue weighted by atomic mass is 10.0. The molecule has 9 heteroatoms. The van der Waals surface area contributed by atoms with E-state index in [1.54, 1.807) is 23.9 Å². The topological polar surface area (TPSA) is 76.7 Å². The summed E-state index contributed by atoms with van der Waals surface area (Å²) < 4.78 is 0. The molecule has 2 atom stereocenters. The summed E-state index contributed by atoms with van der Waals surface area (Å²) in [6.45, 7) is 6.28. The van der Waals surface area contributed by atoms with Gasteiger partial charge in [-0.2, -0.15) is 0 Å². The SMILES string of the molecule is CC1CN(CC2=CC=C=CS2)[C@@H](C)CN1C(=O)c1cc2c(C(=O)C(=O)N(C)C)c[nH]c2cc1Cl. The number of thioether (sulfide) groups is 1. The van der Waals surface area contributed by atoms with E-state index in [1.807, 2.05) is 23.3 Å². The second kappa shape index (κ2) is 9.84. The highest BCUT2D eigenvalue weighted by Crippen LogP contribution is 2.30. The number of halogens is 1. The third kappa shape index (κ3) is 4.72. The van der Waals surface area contributed by atoms with E-state index >= 15 is 0 Å². The van der Waals surface area contributed by atoms with E-state index < -0.39 is 11.7 Å². The molecule has 3 heterocycles. The maximum absolute atomic E-state index is 13.6. The molecule has 1 saturated heterocycles. The molecule has 34 heavy (non-hydrogen) atoms. The molecule has 178 valence electrons. The number of Topliss-reactive ketones (excluding diaryl/α,β-unsaturated/α-hetero) is 1. The fourth-order valence-electron chi connectivity index (χ4n) is 4.29. The molecule has 2 aliphatic rings. The van der Waals surface area contributed by atoms with E-state index in [0.29, 0.717) is 28.0 Å². The van der Waals surface area contributed by atoms with Gasteiger partial charge in [-0.3, -0.25) is 19.3 Å². The normalized spacial score (nSPS) is 20.5. The van der Waals surface area contributed by atoms with Gasteiger partial charge in [0.15, 0.2) is 0 Å². The van der Waals surface area contributed by atoms with Crippen molar-refractivity contribution >= 4 is 51.9 Å². The number of allylic oxidation sites excluding steroid dienone is 2. The fourth-order valence-corrected chi connectivity index (χ4v) is 5.22. The first-order chi connectivity index (χ1) is 16.2. The number of hydrogen-bond donors (Lipinski definition) is 1. The van der Waals surface area contributed by atoms with Crippen molar-refractivity contribution in [3.8, 4) is 0 Å². The fraction of sp³-hybridized carbons (Fsp3) is 0.360. The predicted molar refractivity (Wildman–Crippen MR) is 136 cm³/mol. The van der Waals surface area contributed by atoms with Gasteiger partial charge in [0.1, 0.15) is 0 Å². The Kier molecular flexibility index (Phi) is 7.05. The standard InChI is InChI=1S/C25H27ClN4O3S/c1-15-13-30(16(2)12-29(15)14-17-7-5-6-8-34-17)24(32)19-9-18-20(23(31)25(33)28(3)4)11-27-22(18)10-21(19)26/h5,7-11,15-16,27H,12-14H2,1-4H3/t15-,16?/m0/s1. The van der Waals surface area contributed by atoms with Crippen molar-refractivity contribution in [1.29, 1.82) is 0 Å². The number of carbonyl (C=O) groups is 3. The van der Waals surface area contributed by atoms with E-state index in [9.17, 15) is 14.4 Å². The number of amides is 2. The second-order valence-corrected chi connectivity index (χ2v) is 10.3. The van der Waals surface area contributed by atoms with Crippen LogP contribution in [0.2, 0.25) is 5.02 Å². The Hall–Kier alpha value is -2.77. The van der Waals surface area contributed by atoms with Crippen molar-refractivity contribution in [1.82, 2.24) is 19.7 Å². The maximum Gasteiger partial charge on any atom is 0.294 e. The lowest BCUT2D eigenvalue weighted by Gasteiger charge is -2.44. The smallest absolute Gasteiger partial charge is 0.294 e. The van der Waals surface area contributed by atoms with Gasteiger partial charge in [-0.1, -0.05) is 23.4 Å². The van der Waals surface area contributed by atoms with Crippen LogP contribution in [-0.4, -0.2) is 83.1 Å². The molecule has 0 spiro atoms. The lowest BCUT2D eigenvalue weighted by Crippen LogP contribution is -2.58. The Labute approximate surface area is 208 Å². The summed E-state index contributed by atoms with van der Waals surface area (Å²) in [6, 6.07) is 3.41. The third-order valence-electron chi connectivity index (χ3n) is 6.22. The number of benzene rings is 1. The number of aromatic amines is 1. The molecule has 7 nitrogen and oxygen atoms in total. The molecule has 2 aromatic rings. The summed E-state index contributed by atoms with van der Waals surface area (Å²) in [6.07, 6.45) is 5.49. The molecular weight excluding hydrogens is 472 g/mol. The highest BCUT2D eigenvalue weighted by molar-refractivity contribution is 8.05. The Morgan fingerprint density at radius 3 is 2.62 bits per heavy atom. The second-order valence-electron chi connectivity index (χ2n) is 8.90. The van der Waals surface area contributed by atoms with E-state index in [4.69, 9.17) is 11.6 Å². The van der Waals surface area contributed by atoms with Gasteiger partial charge < -0.3 is 14.8 Å². The minimum absolute atomic E-state index is 0.0154. The quantitative estimate of drug-likeness (QED) is 0.384. The molecule has 4 rings (SSSR count). The Bertz CT molecular complexity index is 1260. The van der Waals surface area contributed by atoms with Crippen LogP contribution in [-0.2, 0) is 4.79 Å². The summed E-state index contributed by atoms with van der Waals surface area (Å²) in [5.74, 6) is -1.44. The summed E-state index contributed by atoms with van der Waals surface area (Å²) in [5, 5.41) is 2.77. The van der Waals surface area contributed by atoms with Crippen molar-refractivity contribution < 1.29 is 14.4 Å². The molecule has 0 saturated carbocycles. The zero-order valence-corrected chi connectivity index (χ0v) is 21.2. The summed E-state index contributed by atoms with van der Waals surface area (Å²) >= 11 is 8.17. The highest BCUT2D eigenvalue weighted by Gasteiger charge is 2.34. The summed E-state index contributed by atoms with van der Waals surface area (Å²) in [7, 11) is 3.06. The molecule has 1 fully saturated rings. The molecule has 0 bridgehead atoms. The maximum atomic E-state index is 13.6. The first kappa shape index (κ1) is 24.4. The zero-order valence-electron chi connectivity index (χ0n) is 19.6. The number of hydrogen-bond acceptors (Lipinski definition) is 5. The van der Waals surface area contributed by atoms with Gasteiger partial charge in [0.05, 0.1) is 16.1 Å². The molecule has 1 aromatic carbocycles.